The molecule has 0 saturated heterocycles. The van der Waals surface area contributed by atoms with Gasteiger partial charge in [-0.1, -0.05) is 346 Å². The summed E-state index contributed by atoms with van der Waals surface area (Å²) in [7, 11) is 0. The normalized spacial score (nSPS) is 12.3. The quantitative estimate of drug-likeness (QED) is 0.113. The molecule has 18 aromatic carbocycles. The van der Waals surface area contributed by atoms with Crippen LogP contribution in [-0.4, -0.2) is 29.9 Å². The zero-order chi connectivity index (χ0) is 82.0. The standard InChI is InChI=1S/2C59H39N3/c1-4-17-47-43(12-1)33-54(52-22-9-7-20-50(47)52)38-26-30-41(31-27-38)59-61-57(40-28-24-39(25-29-40)56-37-60-36-46-14-3-6-19-49(46)56)35-58(62-59)45-16-11-15-42(32-45)55-34-44-13-2-5-18-48(44)51-21-8-10-23-53(51)55;1-2-15-47-44(11-1)35-55(52-20-7-3-16-48(47)52)43-12-9-13-45(33-43)58-36-57(40-26-22-39(23-27-40)46-14-10-32-60-37-46)61-59(62-58)41-28-24-38(25-29-41)42-30-31-54-51-19-5-4-17-49(51)50-18-6-8-21-53(50)56(54)34-42/h1,3-12,14-37H,2,13H2;2-10,12-37H,1,11H2. The average molecular weight is 1580 g/mol. The van der Waals surface area contributed by atoms with E-state index in [2.05, 4.69) is 404 Å². The van der Waals surface area contributed by atoms with Crippen LogP contribution in [0.4, 0.5) is 0 Å². The number of rotatable bonds is 12. The summed E-state index contributed by atoms with van der Waals surface area (Å²) in [4.78, 5) is 30.1. The number of aryl methyl sites for hydroxylation is 2. The van der Waals surface area contributed by atoms with Gasteiger partial charge in [0.25, 0.3) is 0 Å². The highest BCUT2D eigenvalue weighted by molar-refractivity contribution is 6.26. The van der Waals surface area contributed by atoms with E-state index in [1.165, 1.54) is 136 Å². The van der Waals surface area contributed by atoms with Gasteiger partial charge in [-0.25, -0.2) is 19.9 Å². The summed E-state index contributed by atoms with van der Waals surface area (Å²) in [5.41, 5.74) is 29.1. The number of allylic oxidation sites excluding steroid dienone is 2. The molecule has 6 heteroatoms. The summed E-state index contributed by atoms with van der Waals surface area (Å²) in [6.45, 7) is 0. The number of benzene rings is 18. The zero-order valence-electron chi connectivity index (χ0n) is 67.9. The number of hydrogen-bond acceptors (Lipinski definition) is 6. The molecule has 0 radical (unpaired) electrons. The fourth-order valence-corrected chi connectivity index (χ4v) is 19.0. The second kappa shape index (κ2) is 31.3. The van der Waals surface area contributed by atoms with E-state index in [0.717, 1.165) is 121 Å². The highest BCUT2D eigenvalue weighted by Crippen LogP contribution is 2.45. The molecule has 4 heterocycles. The highest BCUT2D eigenvalue weighted by Gasteiger charge is 2.22. The van der Waals surface area contributed by atoms with E-state index in [1.807, 2.05) is 24.7 Å². The van der Waals surface area contributed by atoms with E-state index < -0.39 is 0 Å². The summed E-state index contributed by atoms with van der Waals surface area (Å²) < 4.78 is 0. The van der Waals surface area contributed by atoms with Crippen LogP contribution in [0.15, 0.2) is 413 Å². The van der Waals surface area contributed by atoms with Crippen molar-refractivity contribution in [2.24, 2.45) is 0 Å². The maximum atomic E-state index is 5.33. The van der Waals surface area contributed by atoms with Crippen LogP contribution in [0, 0.1) is 0 Å². The van der Waals surface area contributed by atoms with E-state index in [9.17, 15) is 0 Å². The van der Waals surface area contributed by atoms with Crippen molar-refractivity contribution in [3.05, 3.63) is 435 Å². The molecule has 0 amide bonds. The molecule has 2 aliphatic carbocycles. The molecule has 0 aliphatic heterocycles. The number of aromatic nitrogens is 6. The predicted molar refractivity (Wildman–Crippen MR) is 520 cm³/mol. The maximum absolute atomic E-state index is 5.33. The minimum Gasteiger partial charge on any atom is -0.264 e. The van der Waals surface area contributed by atoms with Crippen molar-refractivity contribution < 1.29 is 0 Å². The molecule has 4 aromatic heterocycles. The first-order valence-electron chi connectivity index (χ1n) is 42.8. The lowest BCUT2D eigenvalue weighted by Crippen LogP contribution is -1.98. The number of pyridine rings is 2. The minimum atomic E-state index is 0.686. The van der Waals surface area contributed by atoms with Crippen LogP contribution >= 0.6 is 0 Å². The van der Waals surface area contributed by atoms with Crippen LogP contribution in [0.3, 0.4) is 0 Å². The van der Waals surface area contributed by atoms with Gasteiger partial charge < -0.3 is 0 Å². The third-order valence-corrected chi connectivity index (χ3v) is 25.2. The fraction of sp³-hybridized carbons (Fsp3) is 0.0339. The van der Waals surface area contributed by atoms with Crippen molar-refractivity contribution in [3.63, 3.8) is 0 Å². The van der Waals surface area contributed by atoms with Crippen molar-refractivity contribution in [2.75, 3.05) is 0 Å². The summed E-state index contributed by atoms with van der Waals surface area (Å²) in [6, 6.07) is 136. The molecule has 22 aromatic rings. The Labute approximate surface area is 718 Å². The lowest BCUT2D eigenvalue weighted by atomic mass is 9.87. The molecule has 2 aliphatic rings. The van der Waals surface area contributed by atoms with E-state index in [0.29, 0.717) is 11.6 Å². The molecule has 124 heavy (non-hydrogen) atoms. The van der Waals surface area contributed by atoms with Crippen molar-refractivity contribution >= 4 is 98.3 Å². The Bertz CT molecular complexity index is 8030. The monoisotopic (exact) mass is 1580 g/mol. The van der Waals surface area contributed by atoms with Gasteiger partial charge in [0, 0.05) is 69.1 Å². The fourth-order valence-electron chi connectivity index (χ4n) is 19.0. The minimum absolute atomic E-state index is 0.686. The molecular formula is C118H78N6. The first-order chi connectivity index (χ1) is 61.4. The molecule has 0 bridgehead atoms. The van der Waals surface area contributed by atoms with Gasteiger partial charge in [0.1, 0.15) is 0 Å². The molecule has 0 saturated carbocycles. The Morgan fingerprint density at radius 1 is 0.185 bits per heavy atom. The van der Waals surface area contributed by atoms with E-state index in [1.54, 1.807) is 6.20 Å². The van der Waals surface area contributed by atoms with Crippen LogP contribution in [0.2, 0.25) is 0 Å². The number of fused-ring (bicyclic) bond motifs is 16. The third kappa shape index (κ3) is 13.5. The molecule has 6 nitrogen and oxygen atoms in total. The average Bonchev–Trinajstić information content (AvgIpc) is 0.728. The van der Waals surface area contributed by atoms with Crippen LogP contribution in [0.5, 0.6) is 0 Å². The summed E-state index contributed by atoms with van der Waals surface area (Å²) >= 11 is 0. The summed E-state index contributed by atoms with van der Waals surface area (Å²) in [5, 5.41) is 20.1. The topological polar surface area (TPSA) is 77.3 Å². The lowest BCUT2D eigenvalue weighted by Gasteiger charge is -2.18. The molecule has 580 valence electrons. The number of nitrogens with zero attached hydrogens (tertiary/aromatic N) is 6. The van der Waals surface area contributed by atoms with Crippen molar-refractivity contribution in [1.82, 2.24) is 29.9 Å². The Morgan fingerprint density at radius 2 is 0.556 bits per heavy atom. The van der Waals surface area contributed by atoms with Crippen LogP contribution in [0.25, 0.3) is 233 Å². The lowest BCUT2D eigenvalue weighted by molar-refractivity contribution is 0.990. The Hall–Kier alpha value is -16.0. The number of hydrogen-bond donors (Lipinski definition) is 0. The first kappa shape index (κ1) is 73.1. The van der Waals surface area contributed by atoms with Gasteiger partial charge in [-0.05, 0) is 245 Å². The van der Waals surface area contributed by atoms with E-state index >= 15 is 0 Å². The molecule has 0 atom stereocenters. The summed E-state index contributed by atoms with van der Waals surface area (Å²) in [5.74, 6) is 1.37. The Kier molecular flexibility index (Phi) is 18.5. The van der Waals surface area contributed by atoms with Gasteiger partial charge in [0.05, 0.1) is 22.8 Å². The van der Waals surface area contributed by atoms with Crippen molar-refractivity contribution in [3.8, 4) is 135 Å². The van der Waals surface area contributed by atoms with Crippen molar-refractivity contribution in [1.29, 1.82) is 0 Å². The summed E-state index contributed by atoms with van der Waals surface area (Å²) in [6.07, 6.45) is 21.0. The second-order valence-electron chi connectivity index (χ2n) is 32.6. The second-order valence-corrected chi connectivity index (χ2v) is 32.6. The molecule has 0 N–H and O–H groups in total. The van der Waals surface area contributed by atoms with E-state index in [4.69, 9.17) is 19.9 Å². The van der Waals surface area contributed by atoms with Crippen LogP contribution in [-0.2, 0) is 12.8 Å². The van der Waals surface area contributed by atoms with Gasteiger partial charge >= 0.3 is 0 Å². The maximum Gasteiger partial charge on any atom is 0.160 e. The van der Waals surface area contributed by atoms with Gasteiger partial charge in [0.15, 0.2) is 11.6 Å². The van der Waals surface area contributed by atoms with Crippen LogP contribution in [0.1, 0.15) is 35.1 Å². The largest absolute Gasteiger partial charge is 0.264 e. The third-order valence-electron chi connectivity index (χ3n) is 25.2. The zero-order valence-corrected chi connectivity index (χ0v) is 67.9. The SMILES string of the molecule is C1=Cc2c(cc(-c3cccc(-c4cc(-c5ccc(-c6cccnc6)cc5)nc(-c5ccc(-c6ccc7c8ccccc8c8ccccc8c7c6)cc5)n4)c3)c3ccccc23)CC1.C1=Cc2c(cc(-c3cccc(-c4cc(-c5ccc(-c6cncc7ccccc67)cc5)nc(-c5ccc(-c6cc7ccccc7c7ccccc67)cc5)n4)c3)c3ccccc23)CC1. The molecule has 0 unspecified atom stereocenters. The van der Waals surface area contributed by atoms with Crippen LogP contribution < -0.4 is 0 Å². The Morgan fingerprint density at radius 3 is 1.07 bits per heavy atom. The molecular weight excluding hydrogens is 1500 g/mol. The van der Waals surface area contributed by atoms with E-state index in [-0.39, 0.29) is 0 Å². The van der Waals surface area contributed by atoms with Gasteiger partial charge in [-0.2, -0.15) is 0 Å². The molecule has 0 spiro atoms. The van der Waals surface area contributed by atoms with Gasteiger partial charge in [0.2, 0.25) is 0 Å². The smallest absolute Gasteiger partial charge is 0.160 e. The van der Waals surface area contributed by atoms with Gasteiger partial charge in [-0.15, -0.1) is 0 Å². The molecule has 0 fully saturated rings. The van der Waals surface area contributed by atoms with Crippen molar-refractivity contribution in [2.45, 2.75) is 25.7 Å². The predicted octanol–water partition coefficient (Wildman–Crippen LogP) is 30.9. The highest BCUT2D eigenvalue weighted by atomic mass is 14.9. The molecule has 24 rings (SSSR count). The first-order valence-corrected chi connectivity index (χ1v) is 42.8. The van der Waals surface area contributed by atoms with Gasteiger partial charge in [-0.3, -0.25) is 9.97 Å². The Balaban J connectivity index is 0.000000143.